The SMILES string of the molecule is O=C(CBr)Nc1cccc2cn[nH]c12. The monoisotopic (exact) mass is 253 g/mol. The van der Waals surface area contributed by atoms with Crippen molar-refractivity contribution < 1.29 is 4.79 Å². The topological polar surface area (TPSA) is 57.8 Å². The lowest BCUT2D eigenvalue weighted by Gasteiger charge is -2.03. The summed E-state index contributed by atoms with van der Waals surface area (Å²) in [6.45, 7) is 0. The van der Waals surface area contributed by atoms with Gasteiger partial charge in [0.2, 0.25) is 5.91 Å². The Labute approximate surface area is 88.8 Å². The van der Waals surface area contributed by atoms with Gasteiger partial charge in [0, 0.05) is 5.39 Å². The molecule has 0 atom stereocenters. The van der Waals surface area contributed by atoms with Crippen LogP contribution in [0.2, 0.25) is 0 Å². The van der Waals surface area contributed by atoms with E-state index in [1.807, 2.05) is 18.2 Å². The van der Waals surface area contributed by atoms with E-state index in [9.17, 15) is 4.79 Å². The smallest absolute Gasteiger partial charge is 0.235 e. The third-order valence-electron chi connectivity index (χ3n) is 1.87. The highest BCUT2D eigenvalue weighted by molar-refractivity contribution is 9.09. The Morgan fingerprint density at radius 2 is 2.43 bits per heavy atom. The zero-order chi connectivity index (χ0) is 9.97. The van der Waals surface area contributed by atoms with Crippen molar-refractivity contribution in [1.82, 2.24) is 10.2 Å². The minimum absolute atomic E-state index is 0.0768. The normalized spacial score (nSPS) is 10.4. The zero-order valence-electron chi connectivity index (χ0n) is 7.25. The van der Waals surface area contributed by atoms with Gasteiger partial charge >= 0.3 is 0 Å². The van der Waals surface area contributed by atoms with Gasteiger partial charge in [-0.25, -0.2) is 0 Å². The van der Waals surface area contributed by atoms with Crippen LogP contribution in [0, 0.1) is 0 Å². The number of para-hydroxylation sites is 1. The number of benzene rings is 1. The molecule has 0 aliphatic rings. The first kappa shape index (κ1) is 9.21. The Hall–Kier alpha value is -1.36. The summed E-state index contributed by atoms with van der Waals surface area (Å²) in [5.74, 6) is -0.0768. The van der Waals surface area contributed by atoms with Gasteiger partial charge in [-0.05, 0) is 6.07 Å². The van der Waals surface area contributed by atoms with Gasteiger partial charge in [0.25, 0.3) is 0 Å². The molecule has 0 fully saturated rings. The van der Waals surface area contributed by atoms with Gasteiger partial charge in [-0.3, -0.25) is 9.89 Å². The van der Waals surface area contributed by atoms with E-state index in [4.69, 9.17) is 0 Å². The first-order valence-corrected chi connectivity index (χ1v) is 5.21. The summed E-state index contributed by atoms with van der Waals surface area (Å²) >= 11 is 3.09. The summed E-state index contributed by atoms with van der Waals surface area (Å²) in [7, 11) is 0. The number of fused-ring (bicyclic) bond motifs is 1. The largest absolute Gasteiger partial charge is 0.323 e. The van der Waals surface area contributed by atoms with Crippen molar-refractivity contribution in [1.29, 1.82) is 0 Å². The van der Waals surface area contributed by atoms with E-state index >= 15 is 0 Å². The second kappa shape index (κ2) is 3.79. The molecule has 2 N–H and O–H groups in total. The lowest BCUT2D eigenvalue weighted by molar-refractivity contribution is -0.113. The van der Waals surface area contributed by atoms with Crippen LogP contribution in [0.4, 0.5) is 5.69 Å². The number of aromatic nitrogens is 2. The molecule has 0 aliphatic carbocycles. The fourth-order valence-electron chi connectivity index (χ4n) is 1.26. The molecule has 14 heavy (non-hydrogen) atoms. The number of aromatic amines is 1. The molecule has 0 spiro atoms. The Morgan fingerprint density at radius 1 is 1.57 bits per heavy atom. The van der Waals surface area contributed by atoms with E-state index < -0.39 is 0 Å². The van der Waals surface area contributed by atoms with Gasteiger partial charge in [0.05, 0.1) is 22.7 Å². The molecule has 1 heterocycles. The van der Waals surface area contributed by atoms with E-state index in [2.05, 4.69) is 31.4 Å². The van der Waals surface area contributed by atoms with Crippen LogP contribution in [-0.4, -0.2) is 21.4 Å². The second-order valence-corrected chi connectivity index (χ2v) is 3.38. The molecule has 1 amide bonds. The molecule has 0 radical (unpaired) electrons. The Bertz CT molecular complexity index is 466. The second-order valence-electron chi connectivity index (χ2n) is 2.82. The van der Waals surface area contributed by atoms with Gasteiger partial charge in [-0.15, -0.1) is 0 Å². The number of rotatable bonds is 2. The summed E-state index contributed by atoms with van der Waals surface area (Å²) in [4.78, 5) is 11.2. The van der Waals surface area contributed by atoms with Gasteiger partial charge in [-0.1, -0.05) is 28.1 Å². The highest BCUT2D eigenvalue weighted by Crippen LogP contribution is 2.20. The van der Waals surface area contributed by atoms with Crippen molar-refractivity contribution in [3.05, 3.63) is 24.4 Å². The fraction of sp³-hybridized carbons (Fsp3) is 0.111. The van der Waals surface area contributed by atoms with Crippen LogP contribution < -0.4 is 5.32 Å². The number of halogens is 1. The van der Waals surface area contributed by atoms with E-state index in [1.165, 1.54) is 0 Å². The lowest BCUT2D eigenvalue weighted by atomic mass is 10.2. The standard InChI is InChI=1S/C9H8BrN3O/c10-4-8(14)12-7-3-1-2-6-5-11-13-9(6)7/h1-3,5H,4H2,(H,11,13)(H,12,14). The summed E-state index contributed by atoms with van der Waals surface area (Å²) in [5, 5.41) is 10.8. The molecule has 0 unspecified atom stereocenters. The number of carbonyl (C=O) groups excluding carboxylic acids is 1. The zero-order valence-corrected chi connectivity index (χ0v) is 8.84. The van der Waals surface area contributed by atoms with Crippen LogP contribution in [-0.2, 0) is 4.79 Å². The first-order valence-electron chi connectivity index (χ1n) is 4.09. The molecule has 72 valence electrons. The maximum absolute atomic E-state index is 11.2. The molecule has 2 rings (SSSR count). The summed E-state index contributed by atoms with van der Waals surface area (Å²) in [5.41, 5.74) is 1.60. The molecule has 1 aromatic carbocycles. The lowest BCUT2D eigenvalue weighted by Crippen LogP contribution is -2.12. The number of nitrogens with one attached hydrogen (secondary N) is 2. The van der Waals surface area contributed by atoms with Gasteiger partial charge in [0.15, 0.2) is 0 Å². The summed E-state index contributed by atoms with van der Waals surface area (Å²) in [6, 6.07) is 5.64. The van der Waals surface area contributed by atoms with Crippen LogP contribution >= 0.6 is 15.9 Å². The Kier molecular flexibility index (Phi) is 2.49. The van der Waals surface area contributed by atoms with Crippen molar-refractivity contribution >= 4 is 38.4 Å². The molecule has 4 nitrogen and oxygen atoms in total. The number of carbonyl (C=O) groups is 1. The van der Waals surface area contributed by atoms with Gasteiger partial charge < -0.3 is 5.32 Å². The number of nitrogens with zero attached hydrogens (tertiary/aromatic N) is 1. The number of amides is 1. The van der Waals surface area contributed by atoms with Gasteiger partial charge in [0.1, 0.15) is 0 Å². The molecule has 0 aliphatic heterocycles. The molecule has 2 aromatic rings. The summed E-state index contributed by atoms with van der Waals surface area (Å²) < 4.78 is 0. The molecular formula is C9H8BrN3O. The van der Waals surface area contributed by atoms with Crippen molar-refractivity contribution in [2.45, 2.75) is 0 Å². The number of alkyl halides is 1. The highest BCUT2D eigenvalue weighted by atomic mass is 79.9. The molecule has 0 bridgehead atoms. The Balaban J connectivity index is 2.41. The number of H-pyrrole nitrogens is 1. The van der Waals surface area contributed by atoms with E-state index in [1.54, 1.807) is 6.20 Å². The van der Waals surface area contributed by atoms with Crippen LogP contribution in [0.15, 0.2) is 24.4 Å². The maximum atomic E-state index is 11.2. The summed E-state index contributed by atoms with van der Waals surface area (Å²) in [6.07, 6.45) is 1.72. The van der Waals surface area contributed by atoms with E-state index in [-0.39, 0.29) is 11.2 Å². The van der Waals surface area contributed by atoms with Crippen molar-refractivity contribution in [2.75, 3.05) is 10.6 Å². The first-order chi connectivity index (χ1) is 6.81. The van der Waals surface area contributed by atoms with Gasteiger partial charge in [-0.2, -0.15) is 5.10 Å². The minimum atomic E-state index is -0.0768. The number of hydrogen-bond donors (Lipinski definition) is 2. The fourth-order valence-corrected chi connectivity index (χ4v) is 1.40. The minimum Gasteiger partial charge on any atom is -0.323 e. The van der Waals surface area contributed by atoms with Crippen LogP contribution in [0.1, 0.15) is 0 Å². The number of hydrogen-bond acceptors (Lipinski definition) is 2. The molecule has 0 saturated heterocycles. The van der Waals surface area contributed by atoms with Crippen molar-refractivity contribution in [3.8, 4) is 0 Å². The average Bonchev–Trinajstić information content (AvgIpc) is 2.66. The van der Waals surface area contributed by atoms with E-state index in [0.717, 1.165) is 16.6 Å². The molecule has 1 aromatic heterocycles. The average molecular weight is 254 g/mol. The predicted octanol–water partition coefficient (Wildman–Crippen LogP) is 1.90. The third kappa shape index (κ3) is 1.63. The highest BCUT2D eigenvalue weighted by Gasteiger charge is 2.04. The maximum Gasteiger partial charge on any atom is 0.235 e. The molecule has 5 heteroatoms. The Morgan fingerprint density at radius 3 is 3.21 bits per heavy atom. The van der Waals surface area contributed by atoms with Crippen LogP contribution in [0.3, 0.4) is 0 Å². The number of anilines is 1. The van der Waals surface area contributed by atoms with Crippen molar-refractivity contribution in [3.63, 3.8) is 0 Å². The van der Waals surface area contributed by atoms with E-state index in [0.29, 0.717) is 0 Å². The quantitative estimate of drug-likeness (QED) is 0.804. The van der Waals surface area contributed by atoms with Crippen molar-refractivity contribution in [2.24, 2.45) is 0 Å². The third-order valence-corrected chi connectivity index (χ3v) is 2.38. The van der Waals surface area contributed by atoms with Crippen LogP contribution in [0.25, 0.3) is 10.9 Å². The van der Waals surface area contributed by atoms with Crippen LogP contribution in [0.5, 0.6) is 0 Å². The molecule has 0 saturated carbocycles. The molecular weight excluding hydrogens is 246 g/mol. The predicted molar refractivity (Wildman–Crippen MR) is 58.5 cm³/mol.